The van der Waals surface area contributed by atoms with Gasteiger partial charge in [0.1, 0.15) is 13.8 Å². The molecule has 0 atom stereocenters. The molecule has 0 saturated heterocycles. The molecule has 4 nitrogen and oxygen atoms in total. The number of ketones is 1. The maximum atomic E-state index is 12.1. The first-order valence-corrected chi connectivity index (χ1v) is 13.3. The van der Waals surface area contributed by atoms with Gasteiger partial charge in [-0.3, -0.25) is 14.5 Å². The fourth-order valence-corrected chi connectivity index (χ4v) is 3.08. The number of hydrogen-bond donors (Lipinski definition) is 0. The molecule has 0 radical (unpaired) electrons. The van der Waals surface area contributed by atoms with E-state index >= 15 is 0 Å². The second-order valence-electron chi connectivity index (χ2n) is 8.38. The molecule has 1 amide bonds. The Hall–Kier alpha value is -1.59. The van der Waals surface area contributed by atoms with E-state index in [2.05, 4.69) is 68.5 Å². The molecular formula is C21H28INO3Si. The van der Waals surface area contributed by atoms with Crippen molar-refractivity contribution in [2.45, 2.75) is 52.2 Å². The molecule has 1 heterocycles. The van der Waals surface area contributed by atoms with E-state index in [1.54, 1.807) is 13.3 Å². The van der Waals surface area contributed by atoms with Crippen molar-refractivity contribution in [3.05, 3.63) is 33.5 Å². The fraction of sp³-hybridized carbons (Fsp3) is 0.429. The van der Waals surface area contributed by atoms with E-state index in [1.165, 1.54) is 11.0 Å². The van der Waals surface area contributed by atoms with E-state index in [9.17, 15) is 9.59 Å². The van der Waals surface area contributed by atoms with Crippen LogP contribution in [0.3, 0.4) is 0 Å². The number of allylic oxidation sites excluding steroid dienone is 1. The lowest BCUT2D eigenvalue weighted by atomic mass is 9.86. The quantitative estimate of drug-likeness (QED) is 0.253. The van der Waals surface area contributed by atoms with E-state index in [4.69, 9.17) is 11.2 Å². The SMILES string of the molecule is C#C[Si](C)(C)C.COc1c(I)cc(N2C=CC(=O)CC2=O)cc1C(C)(C)C. The largest absolute Gasteiger partial charge is 0.495 e. The smallest absolute Gasteiger partial charge is 0.238 e. The Morgan fingerprint density at radius 2 is 1.78 bits per heavy atom. The van der Waals surface area contributed by atoms with Gasteiger partial charge in [-0.2, -0.15) is 0 Å². The molecule has 27 heavy (non-hydrogen) atoms. The van der Waals surface area contributed by atoms with Gasteiger partial charge in [0.15, 0.2) is 5.78 Å². The number of halogens is 1. The molecule has 0 spiro atoms. The van der Waals surface area contributed by atoms with Crippen molar-refractivity contribution >= 4 is 48.0 Å². The Bertz CT molecular complexity index is 795. The number of amides is 1. The summed E-state index contributed by atoms with van der Waals surface area (Å²) < 4.78 is 6.45. The van der Waals surface area contributed by atoms with Crippen LogP contribution in [0, 0.1) is 15.5 Å². The summed E-state index contributed by atoms with van der Waals surface area (Å²) in [6.07, 6.45) is 8.02. The van der Waals surface area contributed by atoms with Gasteiger partial charge in [-0.25, -0.2) is 0 Å². The zero-order valence-electron chi connectivity index (χ0n) is 17.1. The van der Waals surface area contributed by atoms with Crippen molar-refractivity contribution in [2.24, 2.45) is 0 Å². The normalized spacial score (nSPS) is 14.4. The highest BCUT2D eigenvalue weighted by atomic mass is 127. The Morgan fingerprint density at radius 3 is 2.19 bits per heavy atom. The molecule has 146 valence electrons. The third-order valence-electron chi connectivity index (χ3n) is 3.76. The van der Waals surface area contributed by atoms with Crippen molar-refractivity contribution in [2.75, 3.05) is 12.0 Å². The number of methoxy groups -OCH3 is 1. The lowest BCUT2D eigenvalue weighted by Crippen LogP contribution is -2.31. The Kier molecular flexibility index (Phi) is 7.87. The third kappa shape index (κ3) is 6.81. The van der Waals surface area contributed by atoms with Gasteiger partial charge in [0, 0.05) is 17.5 Å². The van der Waals surface area contributed by atoms with Crippen molar-refractivity contribution in [3.63, 3.8) is 0 Å². The minimum atomic E-state index is -1.10. The molecule has 1 aliphatic heterocycles. The molecule has 0 bridgehead atoms. The molecule has 0 saturated carbocycles. The van der Waals surface area contributed by atoms with Crippen LogP contribution in [0.4, 0.5) is 5.69 Å². The van der Waals surface area contributed by atoms with Gasteiger partial charge in [0.25, 0.3) is 0 Å². The Balaban J connectivity index is 0.000000527. The molecular weight excluding hydrogens is 469 g/mol. The Labute approximate surface area is 177 Å². The van der Waals surface area contributed by atoms with Crippen LogP contribution in [0.5, 0.6) is 5.75 Å². The first-order chi connectivity index (χ1) is 12.3. The summed E-state index contributed by atoms with van der Waals surface area (Å²) in [5.41, 5.74) is 4.43. The summed E-state index contributed by atoms with van der Waals surface area (Å²) in [6, 6.07) is 3.85. The van der Waals surface area contributed by atoms with Crippen molar-refractivity contribution in [3.8, 4) is 17.7 Å². The zero-order valence-corrected chi connectivity index (χ0v) is 20.3. The number of terminal acetylenes is 1. The molecule has 1 aromatic carbocycles. The summed E-state index contributed by atoms with van der Waals surface area (Å²) in [4.78, 5) is 24.9. The molecule has 0 fully saturated rings. The standard InChI is InChI=1S/C16H18INO3.C5H10Si/c1-16(2,3)12-7-10(8-13(17)15(12)21-4)18-6-5-11(19)9-14(18)20;1-5-6(2,3)4/h5-8H,9H2,1-4H3;1H,2-4H3. The third-order valence-corrected chi connectivity index (χ3v) is 5.42. The number of carbonyl (C=O) groups excluding carboxylic acids is 2. The van der Waals surface area contributed by atoms with Crippen molar-refractivity contribution in [1.29, 1.82) is 0 Å². The minimum Gasteiger partial charge on any atom is -0.495 e. The van der Waals surface area contributed by atoms with E-state index < -0.39 is 8.07 Å². The maximum Gasteiger partial charge on any atom is 0.238 e. The number of anilines is 1. The van der Waals surface area contributed by atoms with Gasteiger partial charge in [-0.05, 0) is 46.2 Å². The van der Waals surface area contributed by atoms with E-state index in [-0.39, 0.29) is 23.5 Å². The lowest BCUT2D eigenvalue weighted by molar-refractivity contribution is -0.124. The molecule has 0 N–H and O–H groups in total. The molecule has 0 aromatic heterocycles. The highest BCUT2D eigenvalue weighted by molar-refractivity contribution is 14.1. The monoisotopic (exact) mass is 497 g/mol. The summed E-state index contributed by atoms with van der Waals surface area (Å²) >= 11 is 2.20. The van der Waals surface area contributed by atoms with E-state index in [0.29, 0.717) is 0 Å². The van der Waals surface area contributed by atoms with Crippen LogP contribution in [0.15, 0.2) is 24.4 Å². The minimum absolute atomic E-state index is 0.0794. The topological polar surface area (TPSA) is 46.6 Å². The first-order valence-electron chi connectivity index (χ1n) is 8.69. The summed E-state index contributed by atoms with van der Waals surface area (Å²) in [7, 11) is 0.546. The summed E-state index contributed by atoms with van der Waals surface area (Å²) in [5.74, 6) is 0.468. The highest BCUT2D eigenvalue weighted by Gasteiger charge is 2.26. The molecule has 1 aliphatic rings. The second-order valence-corrected chi connectivity index (χ2v) is 14.3. The van der Waals surface area contributed by atoms with Crippen LogP contribution >= 0.6 is 22.6 Å². The van der Waals surface area contributed by atoms with Crippen LogP contribution in [-0.4, -0.2) is 26.9 Å². The van der Waals surface area contributed by atoms with Gasteiger partial charge in [0.05, 0.1) is 17.1 Å². The summed E-state index contributed by atoms with van der Waals surface area (Å²) in [5, 5.41) is 0. The average Bonchev–Trinajstić information content (AvgIpc) is 2.53. The number of rotatable bonds is 2. The van der Waals surface area contributed by atoms with Crippen LogP contribution in [0.25, 0.3) is 0 Å². The average molecular weight is 497 g/mol. The molecule has 2 rings (SSSR count). The number of carbonyl (C=O) groups is 2. The number of benzene rings is 1. The lowest BCUT2D eigenvalue weighted by Gasteiger charge is -2.27. The number of nitrogens with zero attached hydrogens (tertiary/aromatic N) is 1. The van der Waals surface area contributed by atoms with Crippen molar-refractivity contribution in [1.82, 2.24) is 0 Å². The molecule has 0 aliphatic carbocycles. The highest BCUT2D eigenvalue weighted by Crippen LogP contribution is 2.38. The van der Waals surface area contributed by atoms with Crippen LogP contribution < -0.4 is 9.64 Å². The zero-order chi connectivity index (χ0) is 21.0. The van der Waals surface area contributed by atoms with Crippen molar-refractivity contribution < 1.29 is 14.3 Å². The van der Waals surface area contributed by atoms with E-state index in [0.717, 1.165) is 20.6 Å². The number of hydrogen-bond acceptors (Lipinski definition) is 3. The predicted molar refractivity (Wildman–Crippen MR) is 123 cm³/mol. The second kappa shape index (κ2) is 9.07. The van der Waals surface area contributed by atoms with Crippen LogP contribution in [0.1, 0.15) is 32.8 Å². The molecule has 6 heteroatoms. The van der Waals surface area contributed by atoms with Gasteiger partial charge in [-0.1, -0.05) is 40.4 Å². The summed E-state index contributed by atoms with van der Waals surface area (Å²) in [6.45, 7) is 12.7. The Morgan fingerprint density at radius 1 is 1.22 bits per heavy atom. The van der Waals surface area contributed by atoms with Crippen LogP contribution in [-0.2, 0) is 15.0 Å². The number of ether oxygens (including phenoxy) is 1. The maximum absolute atomic E-state index is 12.1. The van der Waals surface area contributed by atoms with Gasteiger partial charge < -0.3 is 4.74 Å². The fourth-order valence-electron chi connectivity index (χ4n) is 2.25. The van der Waals surface area contributed by atoms with Crippen LogP contribution in [0.2, 0.25) is 19.6 Å². The first kappa shape index (κ1) is 23.4. The predicted octanol–water partition coefficient (Wildman–Crippen LogP) is 4.91. The van der Waals surface area contributed by atoms with Gasteiger partial charge in [0.2, 0.25) is 5.91 Å². The molecule has 0 unspecified atom stereocenters. The van der Waals surface area contributed by atoms with E-state index in [1.807, 2.05) is 12.1 Å². The van der Waals surface area contributed by atoms with Gasteiger partial charge >= 0.3 is 0 Å². The molecule has 1 aromatic rings. The van der Waals surface area contributed by atoms with Gasteiger partial charge in [-0.15, -0.1) is 12.0 Å².